The number of rotatable bonds is 9. The van der Waals surface area contributed by atoms with Crippen LogP contribution in [0.4, 0.5) is 11.4 Å². The molecule has 0 aliphatic carbocycles. The fourth-order valence-corrected chi connectivity index (χ4v) is 3.15. The Morgan fingerprint density at radius 1 is 1.07 bits per heavy atom. The Labute approximate surface area is 157 Å². The largest absolute Gasteiger partial charge is 0.497 e. The lowest BCUT2D eigenvalue weighted by molar-refractivity contribution is -0.384. The first-order valence-corrected chi connectivity index (χ1v) is 9.04. The van der Waals surface area contributed by atoms with E-state index in [-0.39, 0.29) is 12.3 Å². The maximum atomic E-state index is 11.1. The number of pyridine rings is 1. The SMILES string of the molecule is COc1ccc2nc3cc([N+](=O)[O-])ccc3c(NCCCCCCO)c2c1. The molecule has 0 aliphatic rings. The van der Waals surface area contributed by atoms with Gasteiger partial charge in [0.05, 0.1) is 28.8 Å². The Kier molecular flexibility index (Phi) is 6.03. The summed E-state index contributed by atoms with van der Waals surface area (Å²) in [6.45, 7) is 0.999. The number of benzene rings is 2. The molecule has 0 unspecified atom stereocenters. The highest BCUT2D eigenvalue weighted by atomic mass is 16.6. The van der Waals surface area contributed by atoms with Gasteiger partial charge in [0.15, 0.2) is 0 Å². The number of nitrogens with zero attached hydrogens (tertiary/aromatic N) is 2. The van der Waals surface area contributed by atoms with E-state index in [0.717, 1.165) is 60.0 Å². The molecule has 0 fully saturated rings. The van der Waals surface area contributed by atoms with Crippen LogP contribution in [0, 0.1) is 10.1 Å². The molecule has 27 heavy (non-hydrogen) atoms. The van der Waals surface area contributed by atoms with Crippen molar-refractivity contribution in [2.75, 3.05) is 25.6 Å². The van der Waals surface area contributed by atoms with Crippen LogP contribution in [0.1, 0.15) is 25.7 Å². The minimum atomic E-state index is -0.409. The average molecular weight is 369 g/mol. The van der Waals surface area contributed by atoms with Gasteiger partial charge in [-0.15, -0.1) is 0 Å². The van der Waals surface area contributed by atoms with E-state index in [2.05, 4.69) is 10.3 Å². The van der Waals surface area contributed by atoms with Crippen LogP contribution < -0.4 is 10.1 Å². The van der Waals surface area contributed by atoms with Crippen LogP contribution in [-0.4, -0.2) is 35.3 Å². The van der Waals surface area contributed by atoms with Gasteiger partial charge >= 0.3 is 0 Å². The third kappa shape index (κ3) is 4.25. The van der Waals surface area contributed by atoms with Crippen LogP contribution in [0.25, 0.3) is 21.8 Å². The number of fused-ring (bicyclic) bond motifs is 2. The first-order chi connectivity index (χ1) is 13.1. The van der Waals surface area contributed by atoms with E-state index in [0.29, 0.717) is 5.52 Å². The minimum Gasteiger partial charge on any atom is -0.497 e. The normalized spacial score (nSPS) is 11.0. The topological polar surface area (TPSA) is 97.5 Å². The molecule has 142 valence electrons. The van der Waals surface area contributed by atoms with Crippen molar-refractivity contribution in [1.29, 1.82) is 0 Å². The van der Waals surface area contributed by atoms with Crippen molar-refractivity contribution in [3.63, 3.8) is 0 Å². The third-order valence-corrected chi connectivity index (χ3v) is 4.56. The summed E-state index contributed by atoms with van der Waals surface area (Å²) in [6.07, 6.45) is 3.82. The second-order valence-corrected chi connectivity index (χ2v) is 6.39. The van der Waals surface area contributed by atoms with Gasteiger partial charge in [0.1, 0.15) is 5.75 Å². The second-order valence-electron chi connectivity index (χ2n) is 6.39. The second kappa shape index (κ2) is 8.64. The number of aliphatic hydroxyl groups excluding tert-OH is 1. The molecule has 0 saturated heterocycles. The molecular weight excluding hydrogens is 346 g/mol. The standard InChI is InChI=1S/C20H23N3O4/c1-27-15-7-9-18-17(13-15)20(21-10-4-2-3-5-11-24)16-8-6-14(23(25)26)12-19(16)22-18/h6-9,12-13,24H,2-5,10-11H2,1H3,(H,21,22). The average Bonchev–Trinajstić information content (AvgIpc) is 2.68. The van der Waals surface area contributed by atoms with Crippen LogP contribution in [0.3, 0.4) is 0 Å². The number of hydrogen-bond acceptors (Lipinski definition) is 6. The fourth-order valence-electron chi connectivity index (χ4n) is 3.15. The number of aromatic nitrogens is 1. The summed E-state index contributed by atoms with van der Waals surface area (Å²) < 4.78 is 5.34. The minimum absolute atomic E-state index is 0.0258. The number of nitrogens with one attached hydrogen (secondary N) is 1. The van der Waals surface area contributed by atoms with Crippen molar-refractivity contribution in [1.82, 2.24) is 4.98 Å². The van der Waals surface area contributed by atoms with Crippen LogP contribution in [-0.2, 0) is 0 Å². The van der Waals surface area contributed by atoms with E-state index < -0.39 is 4.92 Å². The number of nitro benzene ring substituents is 1. The molecule has 0 atom stereocenters. The molecule has 7 heteroatoms. The summed E-state index contributed by atoms with van der Waals surface area (Å²) in [6, 6.07) is 10.4. The fraction of sp³-hybridized carbons (Fsp3) is 0.350. The zero-order valence-electron chi connectivity index (χ0n) is 15.3. The Morgan fingerprint density at radius 3 is 2.63 bits per heavy atom. The molecule has 1 aromatic heterocycles. The van der Waals surface area contributed by atoms with Crippen molar-refractivity contribution < 1.29 is 14.8 Å². The Morgan fingerprint density at radius 2 is 1.89 bits per heavy atom. The van der Waals surface area contributed by atoms with Crippen LogP contribution in [0.5, 0.6) is 5.75 Å². The molecule has 1 heterocycles. The Hall–Kier alpha value is -2.93. The summed E-state index contributed by atoms with van der Waals surface area (Å²) in [5, 5.41) is 25.2. The number of unbranched alkanes of at least 4 members (excludes halogenated alkanes) is 3. The van der Waals surface area contributed by atoms with E-state index in [1.807, 2.05) is 18.2 Å². The number of anilines is 1. The Balaban J connectivity index is 2.00. The van der Waals surface area contributed by atoms with Crippen LogP contribution >= 0.6 is 0 Å². The van der Waals surface area contributed by atoms with Crippen molar-refractivity contribution in [3.05, 3.63) is 46.5 Å². The van der Waals surface area contributed by atoms with Crippen LogP contribution in [0.15, 0.2) is 36.4 Å². The van der Waals surface area contributed by atoms with Gasteiger partial charge in [0.25, 0.3) is 5.69 Å². The predicted octanol–water partition coefficient (Wildman–Crippen LogP) is 4.27. The molecule has 3 rings (SSSR count). The number of aliphatic hydroxyl groups is 1. The van der Waals surface area contributed by atoms with Gasteiger partial charge < -0.3 is 15.2 Å². The quantitative estimate of drug-likeness (QED) is 0.253. The lowest BCUT2D eigenvalue weighted by atomic mass is 10.1. The molecule has 3 aromatic rings. The highest BCUT2D eigenvalue weighted by Crippen LogP contribution is 2.34. The number of methoxy groups -OCH3 is 1. The molecule has 0 radical (unpaired) electrons. The molecule has 0 bridgehead atoms. The van der Waals surface area contributed by atoms with E-state index >= 15 is 0 Å². The van der Waals surface area contributed by atoms with Crippen molar-refractivity contribution >= 4 is 33.2 Å². The van der Waals surface area contributed by atoms with Crippen molar-refractivity contribution in [3.8, 4) is 5.75 Å². The maximum absolute atomic E-state index is 11.1. The first-order valence-electron chi connectivity index (χ1n) is 9.04. The summed E-state index contributed by atoms with van der Waals surface area (Å²) in [5.41, 5.74) is 2.28. The molecule has 2 aromatic carbocycles. The third-order valence-electron chi connectivity index (χ3n) is 4.56. The number of nitro groups is 1. The van der Waals surface area contributed by atoms with E-state index in [9.17, 15) is 10.1 Å². The van der Waals surface area contributed by atoms with Gasteiger partial charge in [-0.3, -0.25) is 10.1 Å². The van der Waals surface area contributed by atoms with Crippen molar-refractivity contribution in [2.45, 2.75) is 25.7 Å². The summed E-state index contributed by atoms with van der Waals surface area (Å²) in [4.78, 5) is 15.3. The molecule has 7 nitrogen and oxygen atoms in total. The molecule has 0 amide bonds. The molecule has 0 saturated carbocycles. The highest BCUT2D eigenvalue weighted by Gasteiger charge is 2.13. The number of non-ortho nitro benzene ring substituents is 1. The molecule has 0 spiro atoms. The molecular formula is C20H23N3O4. The molecule has 2 N–H and O–H groups in total. The Bertz CT molecular complexity index is 959. The lowest BCUT2D eigenvalue weighted by Crippen LogP contribution is -2.04. The molecule has 0 aliphatic heterocycles. The van der Waals surface area contributed by atoms with Gasteiger partial charge in [0, 0.05) is 36.1 Å². The van der Waals surface area contributed by atoms with Gasteiger partial charge in [-0.25, -0.2) is 4.98 Å². The smallest absolute Gasteiger partial charge is 0.271 e. The zero-order valence-corrected chi connectivity index (χ0v) is 15.3. The zero-order chi connectivity index (χ0) is 19.2. The number of hydrogen-bond donors (Lipinski definition) is 2. The number of ether oxygens (including phenoxy) is 1. The summed E-state index contributed by atoms with van der Waals surface area (Å²) in [5.74, 6) is 0.733. The van der Waals surface area contributed by atoms with Gasteiger partial charge in [-0.1, -0.05) is 12.8 Å². The van der Waals surface area contributed by atoms with E-state index in [1.165, 1.54) is 12.1 Å². The highest BCUT2D eigenvalue weighted by molar-refractivity contribution is 6.08. The predicted molar refractivity (Wildman–Crippen MR) is 106 cm³/mol. The van der Waals surface area contributed by atoms with Crippen molar-refractivity contribution in [2.24, 2.45) is 0 Å². The van der Waals surface area contributed by atoms with E-state index in [1.54, 1.807) is 13.2 Å². The summed E-state index contributed by atoms with van der Waals surface area (Å²) >= 11 is 0. The van der Waals surface area contributed by atoms with E-state index in [4.69, 9.17) is 9.84 Å². The summed E-state index contributed by atoms with van der Waals surface area (Å²) in [7, 11) is 1.62. The van der Waals surface area contributed by atoms with Gasteiger partial charge in [-0.2, -0.15) is 0 Å². The van der Waals surface area contributed by atoms with Gasteiger partial charge in [-0.05, 0) is 37.1 Å². The lowest BCUT2D eigenvalue weighted by Gasteiger charge is -2.14. The van der Waals surface area contributed by atoms with Crippen LogP contribution in [0.2, 0.25) is 0 Å². The first kappa shape index (κ1) is 18.8. The maximum Gasteiger partial charge on any atom is 0.271 e. The van der Waals surface area contributed by atoms with Gasteiger partial charge in [0.2, 0.25) is 0 Å². The monoisotopic (exact) mass is 369 g/mol.